The van der Waals surface area contributed by atoms with Crippen molar-refractivity contribution in [3.05, 3.63) is 34.9 Å². The molecule has 0 rings (SSSR count). The summed E-state index contributed by atoms with van der Waals surface area (Å²) >= 11 is 0. The van der Waals surface area contributed by atoms with E-state index >= 15 is 0 Å². The highest BCUT2D eigenvalue weighted by atomic mass is 16.7. The lowest BCUT2D eigenvalue weighted by molar-refractivity contribution is -0.108. The normalized spacial score (nSPS) is 12.1. The quantitative estimate of drug-likeness (QED) is 0.195. The van der Waals surface area contributed by atoms with Gasteiger partial charge in [0.05, 0.1) is 0 Å². The number of hydrogen-bond donors (Lipinski definition) is 0. The van der Waals surface area contributed by atoms with Crippen LogP contribution in [0.3, 0.4) is 0 Å². The van der Waals surface area contributed by atoms with Gasteiger partial charge in [-0.1, -0.05) is 35.8 Å². The first-order valence-electron chi connectivity index (χ1n) is 10.4. The van der Waals surface area contributed by atoms with E-state index in [9.17, 15) is 4.79 Å². The predicted octanol–water partition coefficient (Wildman–Crippen LogP) is 7.04. The molecule has 0 saturated carbocycles. The van der Waals surface area contributed by atoms with Crippen molar-refractivity contribution < 1.29 is 14.3 Å². The van der Waals surface area contributed by atoms with Crippen LogP contribution in [0, 0.1) is 5.92 Å². The van der Waals surface area contributed by atoms with E-state index in [1.807, 2.05) is 13.8 Å². The maximum Gasteiger partial charge on any atom is 0.177 e. The van der Waals surface area contributed by atoms with E-state index in [0.717, 1.165) is 32.0 Å². The van der Waals surface area contributed by atoms with E-state index in [0.29, 0.717) is 25.6 Å². The Balaban J connectivity index is 0. The Labute approximate surface area is 168 Å². The summed E-state index contributed by atoms with van der Waals surface area (Å²) in [6, 6.07) is 0. The first-order chi connectivity index (χ1) is 12.8. The summed E-state index contributed by atoms with van der Waals surface area (Å²) in [5, 5.41) is 0. The third-order valence-corrected chi connectivity index (χ3v) is 3.88. The van der Waals surface area contributed by atoms with Crippen molar-refractivity contribution in [3.63, 3.8) is 0 Å². The average Bonchev–Trinajstić information content (AvgIpc) is 2.55. The van der Waals surface area contributed by atoms with Crippen LogP contribution in [0.4, 0.5) is 0 Å². The summed E-state index contributed by atoms with van der Waals surface area (Å²) in [5.74, 6) is 0.545. The molecule has 0 aromatic heterocycles. The minimum absolute atomic E-state index is 0.179. The molecule has 0 radical (unpaired) electrons. The number of carbonyl (C=O) groups is 1. The molecule has 0 fully saturated rings. The first-order valence-corrected chi connectivity index (χ1v) is 10.4. The number of carbonyl (C=O) groups excluding carboxylic acids is 1. The molecule has 3 heteroatoms. The maximum absolute atomic E-state index is 10.1. The third-order valence-electron chi connectivity index (χ3n) is 3.88. The minimum Gasteiger partial charge on any atom is -0.349 e. The van der Waals surface area contributed by atoms with Crippen molar-refractivity contribution >= 4 is 6.29 Å². The summed E-state index contributed by atoms with van der Waals surface area (Å²) in [5.41, 5.74) is 4.06. The van der Waals surface area contributed by atoms with E-state index in [1.165, 1.54) is 16.7 Å². The number of hydrogen-bond acceptors (Lipinski definition) is 3. The van der Waals surface area contributed by atoms with Crippen LogP contribution in [0.2, 0.25) is 0 Å². The maximum atomic E-state index is 10.1. The van der Waals surface area contributed by atoms with Crippen molar-refractivity contribution in [2.24, 2.45) is 5.92 Å². The molecule has 0 aliphatic carbocycles. The summed E-state index contributed by atoms with van der Waals surface area (Å²) in [4.78, 5) is 10.1. The van der Waals surface area contributed by atoms with Crippen LogP contribution < -0.4 is 0 Å². The Bertz CT molecular complexity index is 433. The molecule has 1 unspecified atom stereocenters. The van der Waals surface area contributed by atoms with Gasteiger partial charge in [0, 0.05) is 19.6 Å². The standard InChI is InChI=1S/C14H26O2.C10H18O/c1-6-15-14(16-7-2)11-13(5)10-8-9-12(3)4;1-9(2)5-4-6-10(3)7-8-11/h9,11,14H,6-8,10H2,1-5H3;5,8,10H,4,6-7H2,1-3H3/b13-11-;. The molecule has 0 aromatic carbocycles. The van der Waals surface area contributed by atoms with Gasteiger partial charge in [-0.15, -0.1) is 0 Å². The highest BCUT2D eigenvalue weighted by Gasteiger charge is 2.03. The minimum atomic E-state index is -0.179. The largest absolute Gasteiger partial charge is 0.349 e. The van der Waals surface area contributed by atoms with Crippen molar-refractivity contribution in [1.29, 1.82) is 0 Å². The fourth-order valence-corrected chi connectivity index (χ4v) is 2.32. The fraction of sp³-hybridized carbons (Fsp3) is 0.708. The Kier molecular flexibility index (Phi) is 20.3. The molecule has 0 aromatic rings. The van der Waals surface area contributed by atoms with Gasteiger partial charge in [-0.25, -0.2) is 0 Å². The van der Waals surface area contributed by atoms with Gasteiger partial charge in [-0.3, -0.25) is 0 Å². The van der Waals surface area contributed by atoms with Gasteiger partial charge in [0.1, 0.15) is 6.29 Å². The summed E-state index contributed by atoms with van der Waals surface area (Å²) in [7, 11) is 0. The van der Waals surface area contributed by atoms with Crippen LogP contribution in [0.25, 0.3) is 0 Å². The second-order valence-corrected chi connectivity index (χ2v) is 7.48. The van der Waals surface area contributed by atoms with E-state index in [1.54, 1.807) is 0 Å². The average molecular weight is 381 g/mol. The highest BCUT2D eigenvalue weighted by Crippen LogP contribution is 2.10. The molecule has 27 heavy (non-hydrogen) atoms. The SMILES string of the molecule is CC(C)=CCCC(C)CC=O.CCOC(/C=C(/C)CCC=C(C)C)OCC. The summed E-state index contributed by atoms with van der Waals surface area (Å²) in [6.07, 6.45) is 12.5. The molecular formula is C24H44O3. The molecule has 0 heterocycles. The number of rotatable bonds is 13. The van der Waals surface area contributed by atoms with Gasteiger partial charge in [0.15, 0.2) is 6.29 Å². The molecule has 1 atom stereocenters. The molecule has 0 N–H and O–H groups in total. The van der Waals surface area contributed by atoms with Gasteiger partial charge in [0.25, 0.3) is 0 Å². The van der Waals surface area contributed by atoms with E-state index in [4.69, 9.17) is 9.47 Å². The lowest BCUT2D eigenvalue weighted by Crippen LogP contribution is -2.14. The van der Waals surface area contributed by atoms with E-state index < -0.39 is 0 Å². The lowest BCUT2D eigenvalue weighted by Gasteiger charge is -2.14. The molecule has 0 saturated heterocycles. The van der Waals surface area contributed by atoms with Crippen molar-refractivity contribution in [3.8, 4) is 0 Å². The Hall–Kier alpha value is -1.19. The Morgan fingerprint density at radius 2 is 1.41 bits per heavy atom. The topological polar surface area (TPSA) is 35.5 Å². The molecule has 0 spiro atoms. The molecule has 0 aliphatic heterocycles. The second-order valence-electron chi connectivity index (χ2n) is 7.48. The van der Waals surface area contributed by atoms with Crippen molar-refractivity contribution in [1.82, 2.24) is 0 Å². The zero-order valence-corrected chi connectivity index (χ0v) is 19.1. The number of ether oxygens (including phenoxy) is 2. The smallest absolute Gasteiger partial charge is 0.177 e. The molecule has 3 nitrogen and oxygen atoms in total. The van der Waals surface area contributed by atoms with Crippen molar-refractivity contribution in [2.75, 3.05) is 13.2 Å². The van der Waals surface area contributed by atoms with Crippen LogP contribution >= 0.6 is 0 Å². The lowest BCUT2D eigenvalue weighted by atomic mass is 10.0. The van der Waals surface area contributed by atoms with Gasteiger partial charge >= 0.3 is 0 Å². The summed E-state index contributed by atoms with van der Waals surface area (Å²) < 4.78 is 10.9. The van der Waals surface area contributed by atoms with Crippen LogP contribution in [0.15, 0.2) is 34.9 Å². The predicted molar refractivity (Wildman–Crippen MR) is 118 cm³/mol. The van der Waals surface area contributed by atoms with Crippen LogP contribution in [-0.2, 0) is 14.3 Å². The van der Waals surface area contributed by atoms with Gasteiger partial charge in [0.2, 0.25) is 0 Å². The number of aldehydes is 1. The van der Waals surface area contributed by atoms with E-state index in [2.05, 4.69) is 59.8 Å². The Morgan fingerprint density at radius 1 is 0.889 bits per heavy atom. The monoisotopic (exact) mass is 380 g/mol. The molecule has 0 bridgehead atoms. The molecule has 0 amide bonds. The van der Waals surface area contributed by atoms with Crippen LogP contribution in [0.1, 0.15) is 87.5 Å². The molecular weight excluding hydrogens is 336 g/mol. The second kappa shape index (κ2) is 19.6. The van der Waals surface area contributed by atoms with Crippen molar-refractivity contribution in [2.45, 2.75) is 93.8 Å². The Morgan fingerprint density at radius 3 is 1.85 bits per heavy atom. The third kappa shape index (κ3) is 22.8. The molecule has 158 valence electrons. The van der Waals surface area contributed by atoms with Gasteiger partial charge in [-0.05, 0) is 86.1 Å². The highest BCUT2D eigenvalue weighted by molar-refractivity contribution is 5.49. The fourth-order valence-electron chi connectivity index (χ4n) is 2.32. The van der Waals surface area contributed by atoms with E-state index in [-0.39, 0.29) is 6.29 Å². The zero-order valence-electron chi connectivity index (χ0n) is 19.1. The molecule has 0 aliphatic rings. The van der Waals surface area contributed by atoms with Crippen LogP contribution in [0.5, 0.6) is 0 Å². The number of allylic oxidation sites excluding steroid dienone is 5. The van der Waals surface area contributed by atoms with Crippen LogP contribution in [-0.4, -0.2) is 25.8 Å². The van der Waals surface area contributed by atoms with Gasteiger partial charge in [-0.2, -0.15) is 0 Å². The zero-order chi connectivity index (χ0) is 21.1. The summed E-state index contributed by atoms with van der Waals surface area (Å²) in [6.45, 7) is 18.0. The van der Waals surface area contributed by atoms with Gasteiger partial charge < -0.3 is 14.3 Å². The first kappa shape index (κ1) is 28.0.